The number of carbonyl (C=O) groups is 1. The molecular weight excluding hydrogens is 407 g/mol. The molecule has 162 valence electrons. The van der Waals surface area contributed by atoms with Gasteiger partial charge in [0.1, 0.15) is 29.7 Å². The molecule has 0 radical (unpaired) electrons. The Morgan fingerprint density at radius 1 is 1.59 bits per heavy atom. The van der Waals surface area contributed by atoms with Crippen LogP contribution in [0, 0.1) is 0 Å². The fourth-order valence-electron chi connectivity index (χ4n) is 3.31. The van der Waals surface area contributed by atoms with Crippen LogP contribution < -0.4 is 16.5 Å². The number of hydrogen-bond donors (Lipinski definition) is 3. The van der Waals surface area contributed by atoms with Crippen molar-refractivity contribution in [3.8, 4) is 0 Å². The second kappa shape index (κ2) is 8.13. The molecule has 4 N–H and O–H groups in total. The Labute approximate surface area is 166 Å². The summed E-state index contributed by atoms with van der Waals surface area (Å²) in [5, 5.41) is 13.6. The zero-order valence-electron chi connectivity index (χ0n) is 16.3. The van der Waals surface area contributed by atoms with Crippen molar-refractivity contribution in [1.82, 2.24) is 14.6 Å². The van der Waals surface area contributed by atoms with Gasteiger partial charge in [0.15, 0.2) is 6.23 Å². The summed E-state index contributed by atoms with van der Waals surface area (Å²) in [6, 6.07) is 0.474. The van der Waals surface area contributed by atoms with Gasteiger partial charge in [0.25, 0.3) is 0 Å². The van der Waals surface area contributed by atoms with Gasteiger partial charge in [-0.05, 0) is 26.3 Å². The molecule has 0 aliphatic carbocycles. The van der Waals surface area contributed by atoms with E-state index in [-0.39, 0.29) is 25.5 Å². The summed E-state index contributed by atoms with van der Waals surface area (Å²) in [5.41, 5.74) is 3.03. The first-order valence-corrected chi connectivity index (χ1v) is 10.8. The van der Waals surface area contributed by atoms with Crippen LogP contribution in [0.2, 0.25) is 0 Å². The number of rotatable bonds is 6. The summed E-state index contributed by atoms with van der Waals surface area (Å²) in [4.78, 5) is 27.8. The van der Waals surface area contributed by atoms with Crippen LogP contribution in [0.1, 0.15) is 33.4 Å². The molecule has 2 aliphatic rings. The Balaban J connectivity index is 1.81. The summed E-state index contributed by atoms with van der Waals surface area (Å²) in [6.45, 7) is 4.74. The van der Waals surface area contributed by atoms with Crippen molar-refractivity contribution >= 4 is 19.5 Å². The molecule has 1 aromatic heterocycles. The van der Waals surface area contributed by atoms with Gasteiger partial charge in [-0.2, -0.15) is 4.98 Å². The normalized spacial score (nSPS) is 35.1. The number of nitrogens with one attached hydrogen (secondary N) is 1. The maximum atomic E-state index is 13.1. The van der Waals surface area contributed by atoms with E-state index in [0.717, 1.165) is 4.57 Å². The molecule has 0 amide bonds. The van der Waals surface area contributed by atoms with E-state index in [1.807, 2.05) is 0 Å². The number of carbonyl (C=O) groups excluding carboxylic acids is 1. The lowest BCUT2D eigenvalue weighted by molar-refractivity contribution is -0.145. The molecule has 2 fully saturated rings. The van der Waals surface area contributed by atoms with Crippen molar-refractivity contribution < 1.29 is 33.0 Å². The van der Waals surface area contributed by atoms with E-state index < -0.39 is 49.5 Å². The Hall–Kier alpha value is -1.82. The van der Waals surface area contributed by atoms with Gasteiger partial charge >= 0.3 is 19.4 Å². The van der Waals surface area contributed by atoms with Crippen molar-refractivity contribution in [3.63, 3.8) is 0 Å². The highest BCUT2D eigenvalue weighted by molar-refractivity contribution is 7.51. The van der Waals surface area contributed by atoms with Crippen LogP contribution in [0.5, 0.6) is 0 Å². The second-order valence-corrected chi connectivity index (χ2v) is 8.68. The van der Waals surface area contributed by atoms with E-state index >= 15 is 0 Å². The molecule has 2 saturated heterocycles. The predicted molar refractivity (Wildman–Crippen MR) is 99.7 cm³/mol. The number of nitrogens with two attached hydrogens (primary N) is 1. The Morgan fingerprint density at radius 3 is 2.93 bits per heavy atom. The van der Waals surface area contributed by atoms with E-state index in [1.165, 1.54) is 19.2 Å². The zero-order chi connectivity index (χ0) is 21.4. The van der Waals surface area contributed by atoms with Crippen molar-refractivity contribution in [2.45, 2.75) is 57.3 Å². The van der Waals surface area contributed by atoms with Crippen LogP contribution in [-0.2, 0) is 27.9 Å². The number of anilines is 1. The third-order valence-electron chi connectivity index (χ3n) is 4.78. The van der Waals surface area contributed by atoms with Crippen molar-refractivity contribution in [1.29, 1.82) is 0 Å². The third kappa shape index (κ3) is 4.23. The minimum absolute atomic E-state index is 0.0270. The molecule has 29 heavy (non-hydrogen) atoms. The molecule has 3 heterocycles. The van der Waals surface area contributed by atoms with E-state index in [4.69, 9.17) is 24.3 Å². The number of esters is 1. The van der Waals surface area contributed by atoms with Crippen LogP contribution in [0.15, 0.2) is 17.1 Å². The summed E-state index contributed by atoms with van der Waals surface area (Å²) in [7, 11) is -3.97. The van der Waals surface area contributed by atoms with Crippen molar-refractivity contribution in [2.24, 2.45) is 0 Å². The lowest BCUT2D eigenvalue weighted by atomic mass is 9.96. The average Bonchev–Trinajstić information content (AvgIpc) is 2.90. The highest BCUT2D eigenvalue weighted by atomic mass is 31.2. The molecule has 0 aromatic carbocycles. The number of nitrogen functional groups attached to an aromatic ring is 1. The molecule has 0 spiro atoms. The summed E-state index contributed by atoms with van der Waals surface area (Å²) in [6.07, 6.45) is -1.44. The molecule has 1 unspecified atom stereocenters. The number of hydrogen-bond acceptors (Lipinski definition) is 10. The molecule has 0 saturated carbocycles. The fraction of sp³-hybridized carbons (Fsp3) is 0.688. The minimum Gasteiger partial charge on any atom is -0.465 e. The number of nitrogens with zero attached hydrogens (tertiary/aromatic N) is 2. The number of aliphatic hydroxyl groups is 1. The lowest BCUT2D eigenvalue weighted by Crippen LogP contribution is -2.50. The van der Waals surface area contributed by atoms with Crippen molar-refractivity contribution in [2.75, 3.05) is 18.9 Å². The van der Waals surface area contributed by atoms with Gasteiger partial charge in [0, 0.05) is 6.20 Å². The topological polar surface area (TPSA) is 164 Å². The summed E-state index contributed by atoms with van der Waals surface area (Å²) < 4.78 is 35.7. The molecule has 6 atom stereocenters. The largest absolute Gasteiger partial charge is 0.465 e. The second-order valence-electron chi connectivity index (χ2n) is 6.96. The first kappa shape index (κ1) is 21.9. The SMILES string of the molecule is CCOC(=O)[C@H](CC)NP1(=O)OC[C@H]2O[C@@H](n3ccc(N)nc3=O)[C@](C)(O)[C@@H]2O1. The summed E-state index contributed by atoms with van der Waals surface area (Å²) >= 11 is 0. The van der Waals surface area contributed by atoms with Crippen LogP contribution >= 0.6 is 7.75 Å². The predicted octanol–water partition coefficient (Wildman–Crippen LogP) is -0.0713. The van der Waals surface area contributed by atoms with Gasteiger partial charge in [-0.25, -0.2) is 14.4 Å². The van der Waals surface area contributed by atoms with Gasteiger partial charge in [0.2, 0.25) is 0 Å². The number of fused-ring (bicyclic) bond motifs is 1. The molecule has 12 nitrogen and oxygen atoms in total. The highest BCUT2D eigenvalue weighted by Gasteiger charge is 2.60. The van der Waals surface area contributed by atoms with Gasteiger partial charge in [0.05, 0.1) is 13.2 Å². The third-order valence-corrected chi connectivity index (χ3v) is 6.40. The smallest absolute Gasteiger partial charge is 0.406 e. The van der Waals surface area contributed by atoms with Crippen LogP contribution in [-0.4, -0.2) is 57.7 Å². The highest BCUT2D eigenvalue weighted by Crippen LogP contribution is 2.55. The molecule has 3 rings (SSSR count). The van der Waals surface area contributed by atoms with E-state index in [9.17, 15) is 19.3 Å². The van der Waals surface area contributed by atoms with E-state index in [1.54, 1.807) is 13.8 Å². The van der Waals surface area contributed by atoms with Gasteiger partial charge in [-0.3, -0.25) is 18.4 Å². The Morgan fingerprint density at radius 2 is 2.31 bits per heavy atom. The van der Waals surface area contributed by atoms with Gasteiger partial charge in [-0.15, -0.1) is 0 Å². The molecule has 2 aliphatic heterocycles. The first-order chi connectivity index (χ1) is 13.6. The lowest BCUT2D eigenvalue weighted by Gasteiger charge is -2.36. The van der Waals surface area contributed by atoms with Crippen LogP contribution in [0.3, 0.4) is 0 Å². The number of ether oxygens (including phenoxy) is 2. The Bertz CT molecular complexity index is 875. The standard InChI is InChI=1S/C16H25N4O8P/c1-4-9(13(21)25-5-2)19-29(24)26-8-10-12(28-29)16(3,23)14(27-10)20-7-6-11(17)18-15(20)22/h6-7,9-10,12,14,23H,4-5,8H2,1-3H3,(H,19,24)(H2,17,18,22)/t9-,10+,12+,14+,16+,29?/m0/s1. The monoisotopic (exact) mass is 432 g/mol. The molecule has 13 heteroatoms. The van der Waals surface area contributed by atoms with Gasteiger partial charge < -0.3 is 20.3 Å². The average molecular weight is 432 g/mol. The zero-order valence-corrected chi connectivity index (χ0v) is 17.2. The summed E-state index contributed by atoms with van der Waals surface area (Å²) in [5.74, 6) is -0.564. The van der Waals surface area contributed by atoms with Gasteiger partial charge in [-0.1, -0.05) is 6.92 Å². The minimum atomic E-state index is -3.97. The molecule has 0 bridgehead atoms. The quantitative estimate of drug-likeness (QED) is 0.407. The van der Waals surface area contributed by atoms with E-state index in [0.29, 0.717) is 0 Å². The maximum Gasteiger partial charge on any atom is 0.406 e. The van der Waals surface area contributed by atoms with Crippen LogP contribution in [0.4, 0.5) is 5.82 Å². The number of aromatic nitrogens is 2. The Kier molecular flexibility index (Phi) is 6.13. The fourth-order valence-corrected chi connectivity index (χ4v) is 5.17. The van der Waals surface area contributed by atoms with Crippen molar-refractivity contribution in [3.05, 3.63) is 22.7 Å². The molecular formula is C16H25N4O8P. The van der Waals surface area contributed by atoms with Crippen LogP contribution in [0.25, 0.3) is 0 Å². The van der Waals surface area contributed by atoms with E-state index in [2.05, 4.69) is 10.1 Å². The maximum absolute atomic E-state index is 13.1. The molecule has 1 aromatic rings. The first-order valence-electron chi connectivity index (χ1n) is 9.21.